The van der Waals surface area contributed by atoms with Crippen molar-refractivity contribution in [1.29, 1.82) is 0 Å². The minimum atomic E-state index is -1.01. The Hall–Kier alpha value is -2.33. The fourth-order valence-electron chi connectivity index (χ4n) is 4.31. The van der Waals surface area contributed by atoms with Gasteiger partial charge in [0, 0.05) is 55.2 Å². The molecule has 0 spiro atoms. The molecule has 2 unspecified atom stereocenters. The lowest BCUT2D eigenvalue weighted by molar-refractivity contribution is -0.138. The standard InChI is InChI=1S/C21H25N3O5S/c1-30-16-6-5-15-18-13(16)3-2-4-14(18)19(26)24(20(15)27)8-7-17(25)22-9-11-23(12-10-22)21(28)29/h2-6,19-20,26-27H,7-12H2,1H3,(H,28,29). The second-order valence-electron chi connectivity index (χ2n) is 7.51. The number of aliphatic hydroxyl groups is 2. The molecule has 2 aliphatic heterocycles. The largest absolute Gasteiger partial charge is 0.465 e. The minimum Gasteiger partial charge on any atom is -0.465 e. The number of carbonyl (C=O) groups excluding carboxylic acids is 1. The van der Waals surface area contributed by atoms with E-state index >= 15 is 0 Å². The van der Waals surface area contributed by atoms with Crippen LogP contribution < -0.4 is 0 Å². The molecule has 8 nitrogen and oxygen atoms in total. The Bertz CT molecular complexity index is 960. The summed E-state index contributed by atoms with van der Waals surface area (Å²) >= 11 is 1.62. The lowest BCUT2D eigenvalue weighted by Gasteiger charge is -2.39. The fourth-order valence-corrected chi connectivity index (χ4v) is 4.90. The zero-order chi connectivity index (χ0) is 21.4. The molecule has 160 valence electrons. The van der Waals surface area contributed by atoms with E-state index in [4.69, 9.17) is 5.11 Å². The van der Waals surface area contributed by atoms with Gasteiger partial charge in [-0.2, -0.15) is 0 Å². The summed E-state index contributed by atoms with van der Waals surface area (Å²) in [7, 11) is 0. The third-order valence-electron chi connectivity index (χ3n) is 5.96. The third kappa shape index (κ3) is 3.62. The SMILES string of the molecule is CSc1ccc2c3c(cccc13)C(O)N(CCC(=O)N1CCN(C(=O)O)CC1)C2O. The van der Waals surface area contributed by atoms with Crippen LogP contribution in [0.3, 0.4) is 0 Å². The molecule has 0 aliphatic carbocycles. The van der Waals surface area contributed by atoms with Gasteiger partial charge < -0.3 is 25.1 Å². The molecule has 30 heavy (non-hydrogen) atoms. The van der Waals surface area contributed by atoms with Crippen LogP contribution >= 0.6 is 11.8 Å². The summed E-state index contributed by atoms with van der Waals surface area (Å²) in [6, 6.07) is 9.59. The first kappa shape index (κ1) is 20.9. The summed E-state index contributed by atoms with van der Waals surface area (Å²) in [5, 5.41) is 32.8. The lowest BCUT2D eigenvalue weighted by Crippen LogP contribution is -2.50. The average Bonchev–Trinajstić information content (AvgIpc) is 2.76. The highest BCUT2D eigenvalue weighted by atomic mass is 32.2. The van der Waals surface area contributed by atoms with Gasteiger partial charge in [0.2, 0.25) is 5.91 Å². The molecule has 0 radical (unpaired) electrons. The number of aliphatic hydroxyl groups excluding tert-OH is 2. The number of thioether (sulfide) groups is 1. The maximum atomic E-state index is 12.6. The molecule has 2 heterocycles. The Morgan fingerprint density at radius 3 is 2.27 bits per heavy atom. The van der Waals surface area contributed by atoms with Crippen molar-refractivity contribution in [3.63, 3.8) is 0 Å². The number of carboxylic acid groups (broad SMARTS) is 1. The number of amides is 2. The number of benzene rings is 2. The van der Waals surface area contributed by atoms with E-state index in [1.807, 2.05) is 36.6 Å². The van der Waals surface area contributed by atoms with Crippen LogP contribution in [0.4, 0.5) is 4.79 Å². The van der Waals surface area contributed by atoms with E-state index in [9.17, 15) is 19.8 Å². The van der Waals surface area contributed by atoms with Crippen molar-refractivity contribution < 1.29 is 24.9 Å². The molecular weight excluding hydrogens is 406 g/mol. The topological polar surface area (TPSA) is 105 Å². The molecule has 2 atom stereocenters. The minimum absolute atomic E-state index is 0.110. The van der Waals surface area contributed by atoms with Gasteiger partial charge >= 0.3 is 6.09 Å². The first-order chi connectivity index (χ1) is 14.4. The van der Waals surface area contributed by atoms with E-state index in [1.165, 1.54) is 9.80 Å². The Morgan fingerprint density at radius 2 is 1.63 bits per heavy atom. The van der Waals surface area contributed by atoms with Gasteiger partial charge in [-0.05, 0) is 23.1 Å². The Labute approximate surface area is 178 Å². The summed E-state index contributed by atoms with van der Waals surface area (Å²) in [5.74, 6) is -0.110. The number of rotatable bonds is 4. The van der Waals surface area contributed by atoms with Crippen LogP contribution in [-0.4, -0.2) is 81.0 Å². The van der Waals surface area contributed by atoms with Crippen LogP contribution in [-0.2, 0) is 4.79 Å². The van der Waals surface area contributed by atoms with E-state index in [0.29, 0.717) is 26.2 Å². The highest BCUT2D eigenvalue weighted by Gasteiger charge is 2.34. The molecule has 2 aromatic carbocycles. The summed E-state index contributed by atoms with van der Waals surface area (Å²) in [6.07, 6.45) is -0.863. The van der Waals surface area contributed by atoms with Crippen molar-refractivity contribution >= 4 is 34.5 Å². The van der Waals surface area contributed by atoms with Crippen molar-refractivity contribution in [2.45, 2.75) is 23.8 Å². The zero-order valence-electron chi connectivity index (χ0n) is 16.7. The predicted octanol–water partition coefficient (Wildman–Crippen LogP) is 2.07. The van der Waals surface area contributed by atoms with Crippen molar-refractivity contribution in [3.05, 3.63) is 41.5 Å². The summed E-state index contributed by atoms with van der Waals surface area (Å²) in [4.78, 5) is 29.2. The highest BCUT2D eigenvalue weighted by Crippen LogP contribution is 2.43. The van der Waals surface area contributed by atoms with E-state index < -0.39 is 18.5 Å². The van der Waals surface area contributed by atoms with Gasteiger partial charge in [0.1, 0.15) is 12.5 Å². The highest BCUT2D eigenvalue weighted by molar-refractivity contribution is 7.98. The second-order valence-corrected chi connectivity index (χ2v) is 8.36. The van der Waals surface area contributed by atoms with Gasteiger partial charge in [0.05, 0.1) is 0 Å². The maximum absolute atomic E-state index is 12.6. The van der Waals surface area contributed by atoms with Crippen molar-refractivity contribution in [2.75, 3.05) is 39.0 Å². The molecule has 2 amide bonds. The van der Waals surface area contributed by atoms with Gasteiger partial charge in [-0.3, -0.25) is 4.79 Å². The molecule has 1 saturated heterocycles. The smallest absolute Gasteiger partial charge is 0.407 e. The van der Waals surface area contributed by atoms with E-state index in [0.717, 1.165) is 26.8 Å². The lowest BCUT2D eigenvalue weighted by atomic mass is 9.92. The van der Waals surface area contributed by atoms with Gasteiger partial charge in [-0.15, -0.1) is 11.8 Å². The Balaban J connectivity index is 1.48. The fraction of sp³-hybridized carbons (Fsp3) is 0.429. The number of nitrogens with zero attached hydrogens (tertiary/aromatic N) is 3. The zero-order valence-corrected chi connectivity index (χ0v) is 17.5. The summed E-state index contributed by atoms with van der Waals surface area (Å²) in [6.45, 7) is 1.50. The van der Waals surface area contributed by atoms with Crippen molar-refractivity contribution in [3.8, 4) is 0 Å². The van der Waals surface area contributed by atoms with Crippen LogP contribution in [0.25, 0.3) is 10.8 Å². The monoisotopic (exact) mass is 431 g/mol. The Morgan fingerprint density at radius 1 is 1.00 bits per heavy atom. The molecule has 0 aromatic heterocycles. The molecule has 0 bridgehead atoms. The molecule has 1 fully saturated rings. The number of piperazine rings is 1. The van der Waals surface area contributed by atoms with Crippen molar-refractivity contribution in [2.24, 2.45) is 0 Å². The maximum Gasteiger partial charge on any atom is 0.407 e. The predicted molar refractivity (Wildman–Crippen MR) is 113 cm³/mol. The molecular formula is C21H25N3O5S. The van der Waals surface area contributed by atoms with E-state index in [2.05, 4.69) is 0 Å². The molecule has 3 N–H and O–H groups in total. The number of hydrogen-bond acceptors (Lipinski definition) is 6. The average molecular weight is 432 g/mol. The first-order valence-electron chi connectivity index (χ1n) is 9.89. The Kier molecular flexibility index (Phi) is 5.88. The molecule has 9 heteroatoms. The van der Waals surface area contributed by atoms with Gasteiger partial charge in [-0.25, -0.2) is 9.69 Å². The summed E-state index contributed by atoms with van der Waals surface area (Å²) < 4.78 is 0. The number of hydrogen-bond donors (Lipinski definition) is 3. The van der Waals surface area contributed by atoms with Gasteiger partial charge in [-0.1, -0.05) is 24.3 Å². The molecule has 4 rings (SSSR count). The van der Waals surface area contributed by atoms with Crippen LogP contribution in [0.15, 0.2) is 35.2 Å². The van der Waals surface area contributed by atoms with Crippen LogP contribution in [0.2, 0.25) is 0 Å². The van der Waals surface area contributed by atoms with Gasteiger partial charge in [0.15, 0.2) is 0 Å². The normalized spacial score (nSPS) is 21.8. The third-order valence-corrected chi connectivity index (χ3v) is 6.75. The van der Waals surface area contributed by atoms with Gasteiger partial charge in [0.25, 0.3) is 0 Å². The molecule has 2 aromatic rings. The van der Waals surface area contributed by atoms with Crippen molar-refractivity contribution in [1.82, 2.24) is 14.7 Å². The van der Waals surface area contributed by atoms with Crippen LogP contribution in [0.5, 0.6) is 0 Å². The van der Waals surface area contributed by atoms with Crippen LogP contribution in [0.1, 0.15) is 30.0 Å². The van der Waals surface area contributed by atoms with E-state index in [1.54, 1.807) is 16.7 Å². The van der Waals surface area contributed by atoms with Crippen LogP contribution in [0, 0.1) is 0 Å². The van der Waals surface area contributed by atoms with E-state index in [-0.39, 0.29) is 18.9 Å². The second kappa shape index (κ2) is 8.43. The number of carbonyl (C=O) groups is 2. The molecule has 2 aliphatic rings. The summed E-state index contributed by atoms with van der Waals surface area (Å²) in [5.41, 5.74) is 1.46. The molecule has 0 saturated carbocycles. The first-order valence-corrected chi connectivity index (χ1v) is 11.1. The quantitative estimate of drug-likeness (QED) is 0.637.